The van der Waals surface area contributed by atoms with Gasteiger partial charge in [-0.3, -0.25) is 9.97 Å². The first-order valence-electron chi connectivity index (χ1n) is 18.2. The first-order valence-corrected chi connectivity index (χ1v) is 18.2. The molecule has 0 atom stereocenters. The van der Waals surface area contributed by atoms with Crippen molar-refractivity contribution in [2.75, 3.05) is 0 Å². The number of aromatic nitrogens is 2. The molecule has 0 spiro atoms. The maximum Gasteiger partial charge on any atom is 0.0273 e. The first-order chi connectivity index (χ1) is 26.8. The van der Waals surface area contributed by atoms with E-state index in [9.17, 15) is 0 Å². The van der Waals surface area contributed by atoms with E-state index in [1.54, 1.807) is 0 Å². The molecular formula is C52H38N2. The van der Waals surface area contributed by atoms with Crippen molar-refractivity contribution in [3.63, 3.8) is 0 Å². The highest BCUT2D eigenvalue weighted by Gasteiger charge is 2.08. The molecule has 0 amide bonds. The van der Waals surface area contributed by atoms with E-state index in [0.29, 0.717) is 0 Å². The topological polar surface area (TPSA) is 25.8 Å². The largest absolute Gasteiger partial charge is 0.265 e. The van der Waals surface area contributed by atoms with E-state index >= 15 is 0 Å². The molecule has 2 heterocycles. The molecule has 0 bridgehead atoms. The monoisotopic (exact) mass is 690 g/mol. The molecular weight excluding hydrogens is 653 g/mol. The lowest BCUT2D eigenvalue weighted by atomic mass is 9.95. The van der Waals surface area contributed by atoms with Crippen LogP contribution in [0.15, 0.2) is 195 Å². The lowest BCUT2D eigenvalue weighted by Gasteiger charge is -2.09. The van der Waals surface area contributed by atoms with E-state index in [2.05, 4.69) is 216 Å². The van der Waals surface area contributed by atoms with E-state index in [4.69, 9.17) is 0 Å². The second-order valence-electron chi connectivity index (χ2n) is 13.1. The number of pyridine rings is 2. The van der Waals surface area contributed by atoms with E-state index in [1.165, 1.54) is 44.2 Å². The Hall–Kier alpha value is -7.16. The van der Waals surface area contributed by atoms with Crippen LogP contribution in [-0.4, -0.2) is 9.97 Å². The van der Waals surface area contributed by atoms with Gasteiger partial charge in [0.25, 0.3) is 0 Å². The first kappa shape index (κ1) is 34.0. The van der Waals surface area contributed by atoms with E-state index in [-0.39, 0.29) is 0 Å². The van der Waals surface area contributed by atoms with Crippen molar-refractivity contribution in [2.24, 2.45) is 0 Å². The summed E-state index contributed by atoms with van der Waals surface area (Å²) in [6, 6.07) is 59.8. The zero-order valence-corrected chi connectivity index (χ0v) is 29.8. The zero-order valence-electron chi connectivity index (χ0n) is 29.8. The molecule has 2 nitrogen and oxygen atoms in total. The predicted molar refractivity (Wildman–Crippen MR) is 230 cm³/mol. The maximum atomic E-state index is 4.22. The van der Waals surface area contributed by atoms with Gasteiger partial charge in [-0.25, -0.2) is 0 Å². The Balaban J connectivity index is 1.06. The van der Waals surface area contributed by atoms with Crippen LogP contribution in [0.25, 0.3) is 58.4 Å². The normalized spacial score (nSPS) is 12.1. The zero-order chi connectivity index (χ0) is 36.4. The summed E-state index contributed by atoms with van der Waals surface area (Å²) in [6.45, 7) is 0. The van der Waals surface area contributed by atoms with Crippen LogP contribution >= 0.6 is 0 Å². The van der Waals surface area contributed by atoms with Gasteiger partial charge in [-0.1, -0.05) is 170 Å². The Bertz CT molecular complexity index is 2500. The van der Waals surface area contributed by atoms with Gasteiger partial charge < -0.3 is 0 Å². The summed E-state index contributed by atoms with van der Waals surface area (Å²) < 4.78 is 0. The maximum absolute atomic E-state index is 4.22. The highest BCUT2D eigenvalue weighted by atomic mass is 14.6. The molecule has 0 fully saturated rings. The lowest BCUT2D eigenvalue weighted by molar-refractivity contribution is 1.32. The van der Waals surface area contributed by atoms with Gasteiger partial charge in [0.05, 0.1) is 0 Å². The SMILES string of the molecule is C(=Cc1ccc2ccccc2c1C=Cc1ccc(C=C(c2ccccc2)c2ccncc2)cc1)c1ccc(C=C(c2ccccc2)c2ccncc2)cc1. The molecule has 0 unspecified atom stereocenters. The summed E-state index contributed by atoms with van der Waals surface area (Å²) in [5.74, 6) is 0. The summed E-state index contributed by atoms with van der Waals surface area (Å²) in [4.78, 5) is 8.45. The fourth-order valence-corrected chi connectivity index (χ4v) is 6.71. The van der Waals surface area contributed by atoms with Crippen LogP contribution < -0.4 is 0 Å². The molecule has 6 aromatic carbocycles. The summed E-state index contributed by atoms with van der Waals surface area (Å²) in [5.41, 5.74) is 13.9. The molecule has 54 heavy (non-hydrogen) atoms. The predicted octanol–water partition coefficient (Wildman–Crippen LogP) is 13.1. The molecule has 0 saturated carbocycles. The molecule has 0 radical (unpaired) electrons. The Kier molecular flexibility index (Phi) is 10.3. The summed E-state index contributed by atoms with van der Waals surface area (Å²) >= 11 is 0. The third-order valence-electron chi connectivity index (χ3n) is 9.55. The van der Waals surface area contributed by atoms with Crippen LogP contribution in [0, 0.1) is 0 Å². The standard InChI is InChI=1S/C52H38N2/c1-3-9-43(10-4-1)51(47-29-33-53-34-30-47)37-41-19-15-39(16-20-41)23-25-46-27-26-45-13-7-8-14-49(45)50(46)28-24-40-17-21-42(22-18-40)38-52(44-11-5-2-6-12-44)48-31-35-54-36-32-48/h1-38H. The second kappa shape index (κ2) is 16.5. The van der Waals surface area contributed by atoms with Crippen molar-refractivity contribution in [3.05, 3.63) is 250 Å². The van der Waals surface area contributed by atoms with Crippen molar-refractivity contribution in [2.45, 2.75) is 0 Å². The number of fused-ring (bicyclic) bond motifs is 1. The smallest absolute Gasteiger partial charge is 0.0273 e. The van der Waals surface area contributed by atoms with Crippen molar-refractivity contribution in [1.82, 2.24) is 9.97 Å². The fourth-order valence-electron chi connectivity index (χ4n) is 6.71. The Morgan fingerprint density at radius 1 is 0.333 bits per heavy atom. The van der Waals surface area contributed by atoms with Crippen molar-refractivity contribution >= 4 is 58.4 Å². The van der Waals surface area contributed by atoms with Crippen LogP contribution in [-0.2, 0) is 0 Å². The van der Waals surface area contributed by atoms with E-state index < -0.39 is 0 Å². The van der Waals surface area contributed by atoms with Crippen molar-refractivity contribution in [3.8, 4) is 0 Å². The van der Waals surface area contributed by atoms with E-state index in [1.807, 2.05) is 24.8 Å². The van der Waals surface area contributed by atoms with Gasteiger partial charge in [0.15, 0.2) is 0 Å². The van der Waals surface area contributed by atoms with Gasteiger partial charge >= 0.3 is 0 Å². The average Bonchev–Trinajstić information content (AvgIpc) is 3.25. The summed E-state index contributed by atoms with van der Waals surface area (Å²) in [5, 5.41) is 2.45. The van der Waals surface area contributed by atoms with Crippen LogP contribution in [0.5, 0.6) is 0 Å². The number of benzene rings is 6. The third kappa shape index (κ3) is 8.15. The van der Waals surface area contributed by atoms with Gasteiger partial charge in [0.2, 0.25) is 0 Å². The highest BCUT2D eigenvalue weighted by molar-refractivity contribution is 5.98. The Morgan fingerprint density at radius 3 is 1.28 bits per heavy atom. The Labute approximate surface area is 317 Å². The quantitative estimate of drug-likeness (QED) is 0.134. The second-order valence-corrected chi connectivity index (χ2v) is 13.1. The fraction of sp³-hybridized carbons (Fsp3) is 0. The third-order valence-corrected chi connectivity index (χ3v) is 9.55. The molecule has 0 aliphatic rings. The molecule has 8 aromatic rings. The molecule has 8 rings (SSSR count). The highest BCUT2D eigenvalue weighted by Crippen LogP contribution is 2.29. The van der Waals surface area contributed by atoms with Gasteiger partial charge in [0.1, 0.15) is 0 Å². The number of hydrogen-bond donors (Lipinski definition) is 0. The molecule has 0 aliphatic heterocycles. The van der Waals surface area contributed by atoms with Crippen LogP contribution in [0.2, 0.25) is 0 Å². The van der Waals surface area contributed by atoms with Crippen LogP contribution in [0.1, 0.15) is 55.6 Å². The minimum atomic E-state index is 1.14. The van der Waals surface area contributed by atoms with Gasteiger partial charge in [-0.2, -0.15) is 0 Å². The molecule has 2 heteroatoms. The number of rotatable bonds is 10. The molecule has 256 valence electrons. The van der Waals surface area contributed by atoms with Crippen LogP contribution in [0.4, 0.5) is 0 Å². The van der Waals surface area contributed by atoms with Gasteiger partial charge in [-0.05, 0) is 114 Å². The van der Waals surface area contributed by atoms with Crippen molar-refractivity contribution < 1.29 is 0 Å². The van der Waals surface area contributed by atoms with E-state index in [0.717, 1.165) is 33.4 Å². The van der Waals surface area contributed by atoms with Crippen molar-refractivity contribution in [1.29, 1.82) is 0 Å². The lowest BCUT2D eigenvalue weighted by Crippen LogP contribution is -1.89. The Morgan fingerprint density at radius 2 is 0.759 bits per heavy atom. The molecule has 0 aliphatic carbocycles. The minimum Gasteiger partial charge on any atom is -0.265 e. The molecule has 2 aromatic heterocycles. The summed E-state index contributed by atoms with van der Waals surface area (Å²) in [7, 11) is 0. The van der Waals surface area contributed by atoms with Gasteiger partial charge in [-0.15, -0.1) is 0 Å². The average molecular weight is 691 g/mol. The summed E-state index contributed by atoms with van der Waals surface area (Å²) in [6.07, 6.45) is 20.8. The molecule has 0 saturated heterocycles. The number of hydrogen-bond acceptors (Lipinski definition) is 2. The molecule has 0 N–H and O–H groups in total. The number of nitrogens with zero attached hydrogens (tertiary/aromatic N) is 2. The minimum absolute atomic E-state index is 1.14. The van der Waals surface area contributed by atoms with Crippen LogP contribution in [0.3, 0.4) is 0 Å². The van der Waals surface area contributed by atoms with Gasteiger partial charge in [0, 0.05) is 24.8 Å².